The first-order chi connectivity index (χ1) is 9.49. The Morgan fingerprint density at radius 2 is 2.30 bits per heavy atom. The van der Waals surface area contributed by atoms with E-state index in [4.69, 9.17) is 4.74 Å². The monoisotopic (exact) mass is 285 g/mol. The van der Waals surface area contributed by atoms with Crippen LogP contribution in [0.2, 0.25) is 0 Å². The van der Waals surface area contributed by atoms with Gasteiger partial charge in [0.2, 0.25) is 5.88 Å². The number of carbonyl (C=O) groups excluding carboxylic acids is 1. The van der Waals surface area contributed by atoms with Gasteiger partial charge in [0.05, 0.1) is 19.0 Å². The average Bonchev–Trinajstić information content (AvgIpc) is 2.95. The lowest BCUT2D eigenvalue weighted by Gasteiger charge is -1.99. The van der Waals surface area contributed by atoms with E-state index in [0.29, 0.717) is 11.6 Å². The molecule has 2 heterocycles. The number of hydrogen-bond donors (Lipinski definition) is 1. The van der Waals surface area contributed by atoms with Crippen LogP contribution in [-0.4, -0.2) is 39.0 Å². The molecule has 0 aromatic carbocycles. The van der Waals surface area contributed by atoms with E-state index < -0.39 is 18.9 Å². The van der Waals surface area contributed by atoms with E-state index in [9.17, 15) is 13.6 Å². The topological polar surface area (TPSA) is 74.0 Å². The fraction of sp³-hybridized carbons (Fsp3) is 0.364. The molecule has 2 aromatic heterocycles. The summed E-state index contributed by atoms with van der Waals surface area (Å²) in [5.41, 5.74) is 0.478. The summed E-state index contributed by atoms with van der Waals surface area (Å²) in [4.78, 5) is 11.9. The largest absolute Gasteiger partial charge is 0.481 e. The van der Waals surface area contributed by atoms with Crippen LogP contribution in [0.5, 0.6) is 5.88 Å². The normalized spacial score (nSPS) is 10.8. The predicted octanol–water partition coefficient (Wildman–Crippen LogP) is 1.14. The summed E-state index contributed by atoms with van der Waals surface area (Å²) < 4.78 is 31.8. The zero-order valence-electron chi connectivity index (χ0n) is 10.9. The second-order valence-electron chi connectivity index (χ2n) is 3.99. The molecule has 0 spiro atoms. The van der Waals surface area contributed by atoms with Gasteiger partial charge in [-0.25, -0.2) is 13.5 Å². The van der Waals surface area contributed by atoms with Crippen LogP contribution in [0.4, 0.5) is 14.5 Å². The molecule has 0 atom stereocenters. The van der Waals surface area contributed by atoms with Crippen LogP contribution >= 0.6 is 0 Å². The first-order valence-electron chi connectivity index (χ1n) is 5.69. The Hall–Kier alpha value is -2.45. The Labute approximate surface area is 113 Å². The quantitative estimate of drug-likeness (QED) is 0.894. The van der Waals surface area contributed by atoms with Gasteiger partial charge in [0.1, 0.15) is 6.54 Å². The van der Waals surface area contributed by atoms with Gasteiger partial charge in [-0.2, -0.15) is 10.2 Å². The van der Waals surface area contributed by atoms with E-state index >= 15 is 0 Å². The molecule has 0 aliphatic carbocycles. The summed E-state index contributed by atoms with van der Waals surface area (Å²) >= 11 is 0. The minimum absolute atomic E-state index is 0.158. The number of alkyl halides is 2. The number of rotatable bonds is 5. The van der Waals surface area contributed by atoms with Gasteiger partial charge in [-0.1, -0.05) is 0 Å². The molecule has 1 amide bonds. The zero-order chi connectivity index (χ0) is 14.7. The van der Waals surface area contributed by atoms with Crippen molar-refractivity contribution in [1.82, 2.24) is 19.6 Å². The lowest BCUT2D eigenvalue weighted by Crippen LogP contribution is -2.12. The Kier molecular flexibility index (Phi) is 3.97. The minimum atomic E-state index is -2.50. The van der Waals surface area contributed by atoms with Crippen LogP contribution in [0.15, 0.2) is 18.5 Å². The Bertz CT molecular complexity index is 608. The van der Waals surface area contributed by atoms with E-state index in [2.05, 4.69) is 15.5 Å². The Balaban J connectivity index is 2.05. The van der Waals surface area contributed by atoms with Gasteiger partial charge in [0.25, 0.3) is 12.3 Å². The zero-order valence-corrected chi connectivity index (χ0v) is 10.9. The molecule has 7 nitrogen and oxygen atoms in total. The summed E-state index contributed by atoms with van der Waals surface area (Å²) in [6, 6.07) is 1.47. The number of anilines is 1. The summed E-state index contributed by atoms with van der Waals surface area (Å²) in [6.07, 6.45) is 0.114. The van der Waals surface area contributed by atoms with E-state index in [-0.39, 0.29) is 5.69 Å². The van der Waals surface area contributed by atoms with Crippen molar-refractivity contribution >= 4 is 11.6 Å². The number of amides is 1. The van der Waals surface area contributed by atoms with Gasteiger partial charge in [-0.15, -0.1) is 0 Å². The number of carbonyl (C=O) groups is 1. The number of halogens is 2. The number of nitrogens with one attached hydrogen (secondary N) is 1. The third-order valence-corrected chi connectivity index (χ3v) is 2.49. The van der Waals surface area contributed by atoms with Crippen molar-refractivity contribution in [3.63, 3.8) is 0 Å². The van der Waals surface area contributed by atoms with E-state index in [1.807, 2.05) is 0 Å². The molecule has 0 saturated carbocycles. The van der Waals surface area contributed by atoms with Gasteiger partial charge in [0, 0.05) is 19.3 Å². The molecule has 0 radical (unpaired) electrons. The van der Waals surface area contributed by atoms with Gasteiger partial charge >= 0.3 is 0 Å². The van der Waals surface area contributed by atoms with E-state index in [0.717, 1.165) is 4.68 Å². The summed E-state index contributed by atoms with van der Waals surface area (Å²) in [5.74, 6) is -0.0379. The number of methoxy groups -OCH3 is 1. The van der Waals surface area contributed by atoms with Crippen LogP contribution in [0.3, 0.4) is 0 Å². The standard InChI is InChI=1S/C11H13F2N5O2/c1-17-10(20-2)3-8(16-17)11(19)15-7-4-14-18(5-7)6-9(12)13/h3-5,9H,6H2,1-2H3,(H,15,19). The van der Waals surface area contributed by atoms with E-state index in [1.54, 1.807) is 7.05 Å². The average molecular weight is 285 g/mol. The van der Waals surface area contributed by atoms with Crippen LogP contribution in [0.25, 0.3) is 0 Å². The number of aromatic nitrogens is 4. The number of ether oxygens (including phenoxy) is 1. The SMILES string of the molecule is COc1cc(C(=O)Nc2cnn(CC(F)F)c2)nn1C. The van der Waals surface area contributed by atoms with Crippen molar-refractivity contribution in [2.45, 2.75) is 13.0 Å². The third-order valence-electron chi connectivity index (χ3n) is 2.49. The third kappa shape index (κ3) is 3.11. The molecule has 0 saturated heterocycles. The number of nitrogens with zero attached hydrogens (tertiary/aromatic N) is 4. The van der Waals surface area contributed by atoms with E-state index in [1.165, 1.54) is 30.3 Å². The summed E-state index contributed by atoms with van der Waals surface area (Å²) in [6.45, 7) is -0.521. The molecular formula is C11H13F2N5O2. The first-order valence-corrected chi connectivity index (χ1v) is 5.69. The summed E-state index contributed by atoms with van der Waals surface area (Å²) in [5, 5.41) is 10.2. The van der Waals surface area contributed by atoms with Gasteiger partial charge in [0.15, 0.2) is 5.69 Å². The maximum absolute atomic E-state index is 12.2. The lowest BCUT2D eigenvalue weighted by atomic mass is 10.4. The Morgan fingerprint density at radius 1 is 1.55 bits per heavy atom. The molecule has 9 heteroatoms. The van der Waals surface area contributed by atoms with Crippen molar-refractivity contribution in [2.75, 3.05) is 12.4 Å². The highest BCUT2D eigenvalue weighted by Gasteiger charge is 2.14. The van der Waals surface area contributed by atoms with Crippen molar-refractivity contribution in [1.29, 1.82) is 0 Å². The van der Waals surface area contributed by atoms with Crippen molar-refractivity contribution in [2.24, 2.45) is 7.05 Å². The molecule has 0 bridgehead atoms. The molecular weight excluding hydrogens is 272 g/mol. The highest BCUT2D eigenvalue weighted by molar-refractivity contribution is 6.02. The highest BCUT2D eigenvalue weighted by atomic mass is 19.3. The van der Waals surface area contributed by atoms with Crippen molar-refractivity contribution in [3.8, 4) is 5.88 Å². The Morgan fingerprint density at radius 3 is 2.90 bits per heavy atom. The molecule has 0 aliphatic heterocycles. The van der Waals surface area contributed by atoms with Crippen LogP contribution in [-0.2, 0) is 13.6 Å². The number of hydrogen-bond acceptors (Lipinski definition) is 4. The molecule has 20 heavy (non-hydrogen) atoms. The van der Waals surface area contributed by atoms with Crippen molar-refractivity contribution in [3.05, 3.63) is 24.2 Å². The maximum atomic E-state index is 12.2. The highest BCUT2D eigenvalue weighted by Crippen LogP contribution is 2.13. The molecule has 0 unspecified atom stereocenters. The lowest BCUT2D eigenvalue weighted by molar-refractivity contribution is 0.102. The predicted molar refractivity (Wildman–Crippen MR) is 65.9 cm³/mol. The fourth-order valence-corrected chi connectivity index (χ4v) is 1.62. The van der Waals surface area contributed by atoms with Crippen molar-refractivity contribution < 1.29 is 18.3 Å². The maximum Gasteiger partial charge on any atom is 0.276 e. The molecule has 1 N–H and O–H groups in total. The van der Waals surface area contributed by atoms with Gasteiger partial charge in [-0.3, -0.25) is 9.48 Å². The second-order valence-corrected chi connectivity index (χ2v) is 3.99. The van der Waals surface area contributed by atoms with Crippen LogP contribution < -0.4 is 10.1 Å². The molecule has 108 valence electrons. The van der Waals surface area contributed by atoms with Crippen LogP contribution in [0.1, 0.15) is 10.5 Å². The van der Waals surface area contributed by atoms with Gasteiger partial charge in [-0.05, 0) is 0 Å². The number of aryl methyl sites for hydroxylation is 1. The molecule has 0 fully saturated rings. The van der Waals surface area contributed by atoms with Gasteiger partial charge < -0.3 is 10.1 Å². The molecule has 2 rings (SSSR count). The smallest absolute Gasteiger partial charge is 0.276 e. The fourth-order valence-electron chi connectivity index (χ4n) is 1.62. The minimum Gasteiger partial charge on any atom is -0.481 e. The summed E-state index contributed by atoms with van der Waals surface area (Å²) in [7, 11) is 3.10. The first kappa shape index (κ1) is 14.0. The second kappa shape index (κ2) is 5.68. The van der Waals surface area contributed by atoms with Crippen LogP contribution in [0, 0.1) is 0 Å². The molecule has 0 aliphatic rings. The molecule has 2 aromatic rings.